The van der Waals surface area contributed by atoms with E-state index in [9.17, 15) is 9.00 Å². The highest BCUT2D eigenvalue weighted by Gasteiger charge is 2.09. The molecule has 5 heteroatoms. The third-order valence-electron chi connectivity index (χ3n) is 2.73. The first kappa shape index (κ1) is 16.4. The van der Waals surface area contributed by atoms with Gasteiger partial charge in [0.1, 0.15) is 6.61 Å². The van der Waals surface area contributed by atoms with Crippen LogP contribution in [0.3, 0.4) is 0 Å². The number of rotatable bonds is 5. The molecule has 0 aliphatic rings. The maximum atomic E-state index is 12.1. The number of benzene rings is 1. The molecule has 108 valence electrons. The molecule has 2 N–H and O–H groups in total. The second-order valence-corrected chi connectivity index (χ2v) is 6.04. The minimum absolute atomic E-state index is 0.191. The van der Waals surface area contributed by atoms with Crippen molar-refractivity contribution in [2.75, 3.05) is 24.7 Å². The predicted octanol–water partition coefficient (Wildman–Crippen LogP) is 0.837. The summed E-state index contributed by atoms with van der Waals surface area (Å²) in [4.78, 5) is 12.1. The molecule has 0 saturated heterocycles. The highest BCUT2D eigenvalue weighted by Crippen LogP contribution is 2.10. The van der Waals surface area contributed by atoms with Gasteiger partial charge in [-0.25, -0.2) is 0 Å². The van der Waals surface area contributed by atoms with Crippen LogP contribution in [0.2, 0.25) is 0 Å². The molecule has 0 aliphatic carbocycles. The lowest BCUT2D eigenvalue weighted by atomic mass is 10.0. The molecule has 0 radical (unpaired) electrons. The lowest BCUT2D eigenvalue weighted by molar-refractivity contribution is 0.0955. The van der Waals surface area contributed by atoms with Gasteiger partial charge in [-0.2, -0.15) is 0 Å². The molecule has 1 amide bonds. The number of aliphatic hydroxyl groups is 1. The molecular weight excluding hydrogens is 274 g/mol. The summed E-state index contributed by atoms with van der Waals surface area (Å²) in [5.41, 5.74) is 2.10. The Morgan fingerprint density at radius 3 is 2.85 bits per heavy atom. The van der Waals surface area contributed by atoms with Crippen LogP contribution in [-0.2, 0) is 10.8 Å². The third-order valence-corrected chi connectivity index (χ3v) is 4.03. The summed E-state index contributed by atoms with van der Waals surface area (Å²) in [6.45, 7) is 3.89. The number of amides is 1. The smallest absolute Gasteiger partial charge is 0.251 e. The van der Waals surface area contributed by atoms with E-state index in [0.29, 0.717) is 29.2 Å². The van der Waals surface area contributed by atoms with E-state index in [-0.39, 0.29) is 12.5 Å². The van der Waals surface area contributed by atoms with Crippen LogP contribution in [0, 0.1) is 18.8 Å². The molecule has 0 aliphatic heterocycles. The number of carbonyl (C=O) groups excluding carboxylic acids is 1. The van der Waals surface area contributed by atoms with Crippen LogP contribution < -0.4 is 5.32 Å². The topological polar surface area (TPSA) is 66.4 Å². The summed E-state index contributed by atoms with van der Waals surface area (Å²) in [7, 11) is -0.879. The van der Waals surface area contributed by atoms with Gasteiger partial charge in [0.05, 0.1) is 0 Å². The van der Waals surface area contributed by atoms with Crippen molar-refractivity contribution in [3.8, 4) is 11.8 Å². The summed E-state index contributed by atoms with van der Waals surface area (Å²) in [6, 6.07) is 5.32. The van der Waals surface area contributed by atoms with Crippen molar-refractivity contribution in [3.63, 3.8) is 0 Å². The van der Waals surface area contributed by atoms with Gasteiger partial charge >= 0.3 is 0 Å². The van der Waals surface area contributed by atoms with Crippen LogP contribution in [0.4, 0.5) is 0 Å². The molecule has 0 saturated carbocycles. The minimum atomic E-state index is -0.879. The second kappa shape index (κ2) is 8.51. The highest BCUT2D eigenvalue weighted by molar-refractivity contribution is 7.84. The second-order valence-electron chi connectivity index (χ2n) is 4.18. The minimum Gasteiger partial charge on any atom is -0.384 e. The van der Waals surface area contributed by atoms with Crippen LogP contribution in [0.25, 0.3) is 0 Å². The van der Waals surface area contributed by atoms with Gasteiger partial charge in [-0.15, -0.1) is 0 Å². The van der Waals surface area contributed by atoms with E-state index in [4.69, 9.17) is 5.11 Å². The number of carbonyl (C=O) groups is 1. The average molecular weight is 293 g/mol. The highest BCUT2D eigenvalue weighted by atomic mass is 32.2. The fourth-order valence-electron chi connectivity index (χ4n) is 1.60. The van der Waals surface area contributed by atoms with Gasteiger partial charge in [-0.1, -0.05) is 24.8 Å². The predicted molar refractivity (Wildman–Crippen MR) is 81.0 cm³/mol. The number of aryl methyl sites for hydroxylation is 1. The lowest BCUT2D eigenvalue weighted by Gasteiger charge is -2.08. The van der Waals surface area contributed by atoms with Gasteiger partial charge in [0.25, 0.3) is 5.91 Å². The fraction of sp³-hybridized carbons (Fsp3) is 0.400. The standard InChI is InChI=1S/C15H19NO3S/c1-3-20(19)10-8-16-15(18)14-11-13(5-4-9-17)7-6-12(14)2/h6-7,11,17H,3,8-10H2,1-2H3,(H,16,18). The Morgan fingerprint density at radius 1 is 1.45 bits per heavy atom. The first-order chi connectivity index (χ1) is 9.58. The van der Waals surface area contributed by atoms with Crippen molar-refractivity contribution in [2.45, 2.75) is 13.8 Å². The summed E-state index contributed by atoms with van der Waals surface area (Å²) in [6.07, 6.45) is 0. The van der Waals surface area contributed by atoms with Crippen molar-refractivity contribution in [1.29, 1.82) is 0 Å². The fourth-order valence-corrected chi connectivity index (χ4v) is 2.22. The van der Waals surface area contributed by atoms with Crippen molar-refractivity contribution in [2.24, 2.45) is 0 Å². The SMILES string of the molecule is CCS(=O)CCNC(=O)c1cc(C#CCO)ccc1C. The van der Waals surface area contributed by atoms with E-state index >= 15 is 0 Å². The Labute approximate surface area is 122 Å². The molecule has 0 spiro atoms. The maximum absolute atomic E-state index is 12.1. The van der Waals surface area contributed by atoms with Gasteiger partial charge < -0.3 is 10.4 Å². The van der Waals surface area contributed by atoms with Crippen LogP contribution in [0.15, 0.2) is 18.2 Å². The van der Waals surface area contributed by atoms with Crippen LogP contribution in [0.5, 0.6) is 0 Å². The van der Waals surface area contributed by atoms with E-state index in [1.807, 2.05) is 19.9 Å². The molecule has 1 aromatic carbocycles. The van der Waals surface area contributed by atoms with E-state index in [1.165, 1.54) is 0 Å². The quantitative estimate of drug-likeness (QED) is 0.791. The Morgan fingerprint density at radius 2 is 2.20 bits per heavy atom. The molecule has 20 heavy (non-hydrogen) atoms. The Balaban J connectivity index is 2.74. The van der Waals surface area contributed by atoms with Gasteiger partial charge in [-0.3, -0.25) is 9.00 Å². The van der Waals surface area contributed by atoms with Crippen molar-refractivity contribution in [3.05, 3.63) is 34.9 Å². The van der Waals surface area contributed by atoms with Crippen molar-refractivity contribution >= 4 is 16.7 Å². The molecule has 0 aromatic heterocycles. The number of hydrogen-bond donors (Lipinski definition) is 2. The Hall–Kier alpha value is -1.64. The number of aliphatic hydroxyl groups excluding tert-OH is 1. The molecule has 0 bridgehead atoms. The Bertz CT molecular complexity index is 558. The number of nitrogens with one attached hydrogen (secondary N) is 1. The molecule has 1 aromatic rings. The average Bonchev–Trinajstić information content (AvgIpc) is 2.45. The summed E-state index contributed by atoms with van der Waals surface area (Å²) >= 11 is 0. The number of hydrogen-bond acceptors (Lipinski definition) is 3. The molecule has 0 heterocycles. The van der Waals surface area contributed by atoms with E-state index in [0.717, 1.165) is 5.56 Å². The summed E-state index contributed by atoms with van der Waals surface area (Å²) in [5, 5.41) is 11.4. The Kier molecular flexibility index (Phi) is 6.99. The van der Waals surface area contributed by atoms with Crippen molar-refractivity contribution < 1.29 is 14.1 Å². The zero-order valence-electron chi connectivity index (χ0n) is 11.7. The van der Waals surface area contributed by atoms with E-state index < -0.39 is 10.8 Å². The normalized spacial score (nSPS) is 11.3. The first-order valence-corrected chi connectivity index (χ1v) is 7.90. The molecule has 1 unspecified atom stereocenters. The maximum Gasteiger partial charge on any atom is 0.251 e. The lowest BCUT2D eigenvalue weighted by Crippen LogP contribution is -2.28. The van der Waals surface area contributed by atoms with Crippen molar-refractivity contribution in [1.82, 2.24) is 5.32 Å². The molecule has 0 fully saturated rings. The van der Waals surface area contributed by atoms with E-state index in [2.05, 4.69) is 17.2 Å². The summed E-state index contributed by atoms with van der Waals surface area (Å²) in [5.74, 6) is 6.19. The molecule has 4 nitrogen and oxygen atoms in total. The zero-order valence-corrected chi connectivity index (χ0v) is 12.5. The van der Waals surface area contributed by atoms with Gasteiger partial charge in [0.2, 0.25) is 0 Å². The first-order valence-electron chi connectivity index (χ1n) is 6.42. The van der Waals surface area contributed by atoms with Crippen LogP contribution >= 0.6 is 0 Å². The summed E-state index contributed by atoms with van der Waals surface area (Å²) < 4.78 is 11.3. The van der Waals surface area contributed by atoms with Gasteiger partial charge in [0, 0.05) is 40.0 Å². The van der Waals surface area contributed by atoms with E-state index in [1.54, 1.807) is 12.1 Å². The molecule has 1 atom stereocenters. The monoisotopic (exact) mass is 293 g/mol. The largest absolute Gasteiger partial charge is 0.384 e. The molecular formula is C15H19NO3S. The van der Waals surface area contributed by atoms with Crippen LogP contribution in [-0.4, -0.2) is 39.9 Å². The van der Waals surface area contributed by atoms with Gasteiger partial charge in [0.15, 0.2) is 0 Å². The molecule has 1 rings (SSSR count). The van der Waals surface area contributed by atoms with Crippen LogP contribution in [0.1, 0.15) is 28.4 Å². The third kappa shape index (κ3) is 5.16. The van der Waals surface area contributed by atoms with Gasteiger partial charge in [-0.05, 0) is 24.6 Å². The zero-order chi connectivity index (χ0) is 15.0.